The number of methoxy groups -OCH3 is 1. The maximum absolute atomic E-state index is 13.1. The van der Waals surface area contributed by atoms with Gasteiger partial charge in [-0.3, -0.25) is 9.79 Å². The number of rotatable bonds is 3. The van der Waals surface area contributed by atoms with Gasteiger partial charge in [0.15, 0.2) is 5.78 Å². The van der Waals surface area contributed by atoms with E-state index in [-0.39, 0.29) is 5.78 Å². The molecule has 7 heteroatoms. The third-order valence-corrected chi connectivity index (χ3v) is 4.84. The largest absolute Gasteiger partial charge is 0.497 e. The second-order valence-electron chi connectivity index (χ2n) is 6.60. The summed E-state index contributed by atoms with van der Waals surface area (Å²) in [7, 11) is 1.53. The van der Waals surface area contributed by atoms with Gasteiger partial charge >= 0.3 is 6.18 Å². The Bertz CT molecular complexity index is 992. The van der Waals surface area contributed by atoms with Crippen molar-refractivity contribution in [3.63, 3.8) is 0 Å². The van der Waals surface area contributed by atoms with Crippen molar-refractivity contribution in [1.29, 1.82) is 0 Å². The van der Waals surface area contributed by atoms with Crippen molar-refractivity contribution in [3.05, 3.63) is 64.7 Å². The van der Waals surface area contributed by atoms with Crippen LogP contribution in [-0.2, 0) is 6.18 Å². The van der Waals surface area contributed by atoms with E-state index in [9.17, 15) is 18.0 Å². The lowest BCUT2D eigenvalue weighted by Crippen LogP contribution is -2.41. The molecule has 0 amide bonds. The number of nitrogens with zero attached hydrogens (tertiary/aromatic N) is 2. The molecule has 2 aliphatic rings. The number of hydrogen-bond donors (Lipinski definition) is 0. The van der Waals surface area contributed by atoms with E-state index in [0.717, 1.165) is 18.6 Å². The van der Waals surface area contributed by atoms with Gasteiger partial charge in [-0.1, -0.05) is 0 Å². The minimum Gasteiger partial charge on any atom is -0.497 e. The molecule has 0 atom stereocenters. The van der Waals surface area contributed by atoms with Crippen LogP contribution in [0, 0.1) is 0 Å². The van der Waals surface area contributed by atoms with E-state index in [1.165, 1.54) is 19.3 Å². The molecule has 4 rings (SSSR count). The first-order chi connectivity index (χ1) is 13.4. The fraction of sp³-hybridized carbons (Fsp3) is 0.238. The van der Waals surface area contributed by atoms with Crippen LogP contribution < -0.4 is 9.64 Å². The molecule has 0 unspecified atom stereocenters. The number of aliphatic imine (C=N–C) groups is 1. The third-order valence-electron chi connectivity index (χ3n) is 4.84. The van der Waals surface area contributed by atoms with E-state index >= 15 is 0 Å². The number of anilines is 1. The lowest BCUT2D eigenvalue weighted by atomic mass is 9.93. The minimum absolute atomic E-state index is 0.281. The van der Waals surface area contributed by atoms with Crippen LogP contribution in [0.5, 0.6) is 5.75 Å². The van der Waals surface area contributed by atoms with E-state index in [2.05, 4.69) is 4.99 Å². The molecule has 4 nitrogen and oxygen atoms in total. The Hall–Kier alpha value is -3.09. The zero-order valence-electron chi connectivity index (χ0n) is 15.1. The number of alkyl halides is 3. The predicted molar refractivity (Wildman–Crippen MR) is 101 cm³/mol. The summed E-state index contributed by atoms with van der Waals surface area (Å²) in [4.78, 5) is 19.4. The van der Waals surface area contributed by atoms with Gasteiger partial charge in [-0.2, -0.15) is 13.2 Å². The number of carbonyl (C=O) groups excluding carboxylic acids is 1. The van der Waals surface area contributed by atoms with Crippen molar-refractivity contribution in [3.8, 4) is 5.75 Å². The SMILES string of the molecule is COc1ccc(C(=O)C2=Cc3cc(C(F)(F)F)ccc3N3CCCN=C23)cc1. The van der Waals surface area contributed by atoms with E-state index in [4.69, 9.17) is 4.74 Å². The zero-order chi connectivity index (χ0) is 19.9. The molecule has 0 fully saturated rings. The Balaban J connectivity index is 1.82. The Morgan fingerprint density at radius 3 is 2.57 bits per heavy atom. The Kier molecular flexibility index (Phi) is 4.45. The van der Waals surface area contributed by atoms with Crippen LogP contribution in [0.1, 0.15) is 27.9 Å². The van der Waals surface area contributed by atoms with Crippen molar-refractivity contribution in [2.24, 2.45) is 4.99 Å². The van der Waals surface area contributed by atoms with Gasteiger partial charge in [0.1, 0.15) is 11.6 Å². The van der Waals surface area contributed by atoms with Crippen molar-refractivity contribution in [1.82, 2.24) is 0 Å². The number of amidine groups is 1. The molecule has 0 spiro atoms. The molecule has 2 aromatic rings. The van der Waals surface area contributed by atoms with Gasteiger partial charge in [0.2, 0.25) is 0 Å². The van der Waals surface area contributed by atoms with Gasteiger partial charge in [0.05, 0.1) is 18.2 Å². The van der Waals surface area contributed by atoms with Gasteiger partial charge < -0.3 is 9.64 Å². The first kappa shape index (κ1) is 18.3. The number of benzene rings is 2. The lowest BCUT2D eigenvalue weighted by Gasteiger charge is -2.35. The molecular formula is C21H17F3N2O2. The average Bonchev–Trinajstić information content (AvgIpc) is 2.71. The van der Waals surface area contributed by atoms with Gasteiger partial charge in [0.25, 0.3) is 0 Å². The summed E-state index contributed by atoms with van der Waals surface area (Å²) < 4.78 is 44.5. The first-order valence-electron chi connectivity index (χ1n) is 8.82. The Morgan fingerprint density at radius 1 is 1.14 bits per heavy atom. The summed E-state index contributed by atoms with van der Waals surface area (Å²) in [5, 5.41) is 0. The topological polar surface area (TPSA) is 41.9 Å². The third kappa shape index (κ3) is 3.17. The van der Waals surface area contributed by atoms with Crippen LogP contribution in [-0.4, -0.2) is 31.8 Å². The highest BCUT2D eigenvalue weighted by molar-refractivity contribution is 6.35. The lowest BCUT2D eigenvalue weighted by molar-refractivity contribution is -0.137. The quantitative estimate of drug-likeness (QED) is 0.724. The number of ketones is 1. The molecule has 0 saturated heterocycles. The normalized spacial score (nSPS) is 15.9. The fourth-order valence-electron chi connectivity index (χ4n) is 3.45. The van der Waals surface area contributed by atoms with E-state index in [1.54, 1.807) is 24.3 Å². The number of Topliss-reactive ketones (excluding diaryl/α,β-unsaturated/α-hetero) is 1. The van der Waals surface area contributed by atoms with Gasteiger partial charge in [-0.05, 0) is 60.5 Å². The molecule has 0 aromatic heterocycles. The first-order valence-corrected chi connectivity index (χ1v) is 8.82. The molecule has 0 aliphatic carbocycles. The number of fused-ring (bicyclic) bond motifs is 3. The zero-order valence-corrected chi connectivity index (χ0v) is 15.1. The monoisotopic (exact) mass is 386 g/mol. The van der Waals surface area contributed by atoms with E-state index in [1.807, 2.05) is 4.90 Å². The predicted octanol–water partition coefficient (Wildman–Crippen LogP) is 4.60. The molecule has 0 saturated carbocycles. The highest BCUT2D eigenvalue weighted by Gasteiger charge is 2.34. The minimum atomic E-state index is -4.45. The summed E-state index contributed by atoms with van der Waals surface area (Å²) in [6, 6.07) is 10.2. The maximum atomic E-state index is 13.1. The summed E-state index contributed by atoms with van der Waals surface area (Å²) in [5.74, 6) is 0.849. The summed E-state index contributed by atoms with van der Waals surface area (Å²) >= 11 is 0. The highest BCUT2D eigenvalue weighted by Crippen LogP contribution is 2.38. The summed E-state index contributed by atoms with van der Waals surface area (Å²) in [6.45, 7) is 1.18. The van der Waals surface area contributed by atoms with Gasteiger partial charge in [-0.25, -0.2) is 0 Å². The molecular weight excluding hydrogens is 369 g/mol. The molecule has 2 aliphatic heterocycles. The Labute approximate surface area is 159 Å². The van der Waals surface area contributed by atoms with Crippen LogP contribution in [0.15, 0.2) is 53.0 Å². The standard InChI is InChI=1S/C21H17F3N2O2/c1-28-16-6-3-13(4-7-16)19(27)17-12-14-11-15(21(22,23)24)5-8-18(14)26-10-2-9-25-20(17)26/h3-8,11-12H,2,9-10H2,1H3. The molecule has 2 aromatic carbocycles. The van der Waals surface area contributed by atoms with Crippen molar-refractivity contribution < 1.29 is 22.7 Å². The van der Waals surface area contributed by atoms with Gasteiger partial charge in [0, 0.05) is 24.3 Å². The number of carbonyl (C=O) groups is 1. The maximum Gasteiger partial charge on any atom is 0.416 e. The highest BCUT2D eigenvalue weighted by atomic mass is 19.4. The van der Waals surface area contributed by atoms with Crippen LogP contribution >= 0.6 is 0 Å². The van der Waals surface area contributed by atoms with E-state index in [0.29, 0.717) is 47.1 Å². The number of hydrogen-bond acceptors (Lipinski definition) is 4. The number of ether oxygens (including phenoxy) is 1. The molecule has 0 bridgehead atoms. The van der Waals surface area contributed by atoms with Crippen molar-refractivity contribution in [2.45, 2.75) is 12.6 Å². The van der Waals surface area contributed by atoms with Gasteiger partial charge in [-0.15, -0.1) is 0 Å². The molecule has 144 valence electrons. The molecule has 2 heterocycles. The van der Waals surface area contributed by atoms with Crippen LogP contribution in [0.2, 0.25) is 0 Å². The van der Waals surface area contributed by atoms with Crippen molar-refractivity contribution in [2.75, 3.05) is 25.1 Å². The van der Waals surface area contributed by atoms with E-state index < -0.39 is 11.7 Å². The average molecular weight is 386 g/mol. The van der Waals surface area contributed by atoms with Crippen LogP contribution in [0.25, 0.3) is 6.08 Å². The molecule has 28 heavy (non-hydrogen) atoms. The molecule has 0 N–H and O–H groups in total. The summed E-state index contributed by atoms with van der Waals surface area (Å²) in [6.07, 6.45) is -2.16. The van der Waals surface area contributed by atoms with Crippen LogP contribution in [0.4, 0.5) is 18.9 Å². The second-order valence-corrected chi connectivity index (χ2v) is 6.60. The van der Waals surface area contributed by atoms with Crippen molar-refractivity contribution >= 4 is 23.4 Å². The number of halogens is 3. The summed E-state index contributed by atoms with van der Waals surface area (Å²) in [5.41, 5.74) is 0.994. The second kappa shape index (κ2) is 6.82. The van der Waals surface area contributed by atoms with Crippen LogP contribution in [0.3, 0.4) is 0 Å². The fourth-order valence-corrected chi connectivity index (χ4v) is 3.45. The molecule has 0 radical (unpaired) electrons. The smallest absolute Gasteiger partial charge is 0.416 e. The Morgan fingerprint density at radius 2 is 1.89 bits per heavy atom.